The van der Waals surface area contributed by atoms with Crippen LogP contribution in [0.2, 0.25) is 5.02 Å². The molecule has 0 aliphatic carbocycles. The second-order valence-electron chi connectivity index (χ2n) is 5.05. The molecule has 116 valence electrons. The Morgan fingerprint density at radius 2 is 1.78 bits per heavy atom. The zero-order valence-corrected chi connectivity index (χ0v) is 13.1. The van der Waals surface area contributed by atoms with Crippen molar-refractivity contribution in [2.45, 2.75) is 0 Å². The zero-order chi connectivity index (χ0) is 16.4. The minimum atomic E-state index is -0.493. The molecular formula is C18H14ClFN2O. The molecular weight excluding hydrogens is 315 g/mol. The van der Waals surface area contributed by atoms with E-state index in [1.54, 1.807) is 13.2 Å². The minimum absolute atomic E-state index is 0.115. The molecule has 0 unspecified atom stereocenters. The predicted molar refractivity (Wildman–Crippen MR) is 92.4 cm³/mol. The number of ether oxygens (including phenoxy) is 1. The van der Waals surface area contributed by atoms with Gasteiger partial charge in [0, 0.05) is 10.6 Å². The first-order chi connectivity index (χ1) is 11.1. The Morgan fingerprint density at radius 1 is 1.04 bits per heavy atom. The fourth-order valence-electron chi connectivity index (χ4n) is 2.30. The van der Waals surface area contributed by atoms with Crippen LogP contribution < -0.4 is 10.1 Å². The Balaban J connectivity index is 1.88. The van der Waals surface area contributed by atoms with Gasteiger partial charge in [-0.2, -0.15) is 0 Å². The Labute approximate surface area is 138 Å². The largest absolute Gasteiger partial charge is 0.497 e. The van der Waals surface area contributed by atoms with Crippen molar-refractivity contribution in [3.8, 4) is 5.75 Å². The summed E-state index contributed by atoms with van der Waals surface area (Å²) in [5.41, 5.74) is 0.881. The molecule has 0 spiro atoms. The first-order valence-corrected chi connectivity index (χ1v) is 7.33. The molecule has 0 aliphatic heterocycles. The Bertz CT molecular complexity index is 895. The molecule has 0 amide bonds. The molecule has 0 heterocycles. The van der Waals surface area contributed by atoms with E-state index in [1.807, 2.05) is 36.4 Å². The summed E-state index contributed by atoms with van der Waals surface area (Å²) >= 11 is 5.73. The highest BCUT2D eigenvalue weighted by Crippen LogP contribution is 2.23. The second kappa shape index (κ2) is 6.26. The van der Waals surface area contributed by atoms with Crippen LogP contribution in [0.25, 0.3) is 10.8 Å². The lowest BCUT2D eigenvalue weighted by Gasteiger charge is -2.10. The van der Waals surface area contributed by atoms with Crippen molar-refractivity contribution in [1.82, 2.24) is 0 Å². The lowest BCUT2D eigenvalue weighted by atomic mass is 10.1. The standard InChI is InChI=1S/C18H14ClFN2O/c1-23-15-6-4-11-8-13(3-2-12(11)9-15)18(21)22-17-7-5-14(19)10-16(17)20/h2-10H,1H3,(H2,21,22). The van der Waals surface area contributed by atoms with Crippen molar-refractivity contribution >= 4 is 33.9 Å². The molecule has 0 aliphatic rings. The summed E-state index contributed by atoms with van der Waals surface area (Å²) in [5, 5.41) is 13.2. The summed E-state index contributed by atoms with van der Waals surface area (Å²) in [6.07, 6.45) is 0. The fourth-order valence-corrected chi connectivity index (χ4v) is 2.46. The minimum Gasteiger partial charge on any atom is -0.497 e. The molecule has 0 aromatic heterocycles. The highest BCUT2D eigenvalue weighted by atomic mass is 35.5. The van der Waals surface area contributed by atoms with Crippen LogP contribution >= 0.6 is 11.6 Å². The number of methoxy groups -OCH3 is 1. The van der Waals surface area contributed by atoms with Crippen LogP contribution in [0.3, 0.4) is 0 Å². The van der Waals surface area contributed by atoms with E-state index >= 15 is 0 Å². The molecule has 0 radical (unpaired) electrons. The number of halogens is 2. The first kappa shape index (κ1) is 15.3. The van der Waals surface area contributed by atoms with Gasteiger partial charge in [-0.1, -0.05) is 29.8 Å². The average Bonchev–Trinajstić information content (AvgIpc) is 2.56. The average molecular weight is 329 g/mol. The quantitative estimate of drug-likeness (QED) is 0.520. The number of nitrogens with one attached hydrogen (secondary N) is 2. The van der Waals surface area contributed by atoms with E-state index in [0.29, 0.717) is 10.6 Å². The molecule has 3 rings (SSSR count). The number of hydrogen-bond donors (Lipinski definition) is 2. The van der Waals surface area contributed by atoms with Crippen molar-refractivity contribution in [3.63, 3.8) is 0 Å². The van der Waals surface area contributed by atoms with Gasteiger partial charge in [-0.3, -0.25) is 5.41 Å². The highest BCUT2D eigenvalue weighted by Gasteiger charge is 2.08. The highest BCUT2D eigenvalue weighted by molar-refractivity contribution is 6.30. The smallest absolute Gasteiger partial charge is 0.148 e. The van der Waals surface area contributed by atoms with E-state index in [2.05, 4.69) is 5.32 Å². The number of fused-ring (bicyclic) bond motifs is 1. The molecule has 2 N–H and O–H groups in total. The van der Waals surface area contributed by atoms with E-state index in [9.17, 15) is 4.39 Å². The molecule has 5 heteroatoms. The molecule has 0 atom stereocenters. The van der Waals surface area contributed by atoms with Crippen LogP contribution in [0.4, 0.5) is 10.1 Å². The second-order valence-corrected chi connectivity index (χ2v) is 5.49. The summed E-state index contributed by atoms with van der Waals surface area (Å²) in [6.45, 7) is 0. The molecule has 3 aromatic rings. The Kier molecular flexibility index (Phi) is 4.17. The van der Waals surface area contributed by atoms with Crippen molar-refractivity contribution < 1.29 is 9.13 Å². The molecule has 0 bridgehead atoms. The number of benzene rings is 3. The normalized spacial score (nSPS) is 10.6. The van der Waals surface area contributed by atoms with Crippen LogP contribution in [0.15, 0.2) is 54.6 Å². The molecule has 0 saturated heterocycles. The van der Waals surface area contributed by atoms with Crippen LogP contribution in [-0.4, -0.2) is 12.9 Å². The van der Waals surface area contributed by atoms with Gasteiger partial charge in [0.2, 0.25) is 0 Å². The van der Waals surface area contributed by atoms with Gasteiger partial charge in [-0.05, 0) is 47.2 Å². The number of hydrogen-bond acceptors (Lipinski definition) is 2. The predicted octanol–water partition coefficient (Wildman–Crippen LogP) is 5.08. The summed E-state index contributed by atoms with van der Waals surface area (Å²) in [4.78, 5) is 0. The number of anilines is 1. The van der Waals surface area contributed by atoms with Crippen LogP contribution in [0.1, 0.15) is 5.56 Å². The first-order valence-electron chi connectivity index (χ1n) is 6.95. The number of amidine groups is 1. The van der Waals surface area contributed by atoms with Crippen molar-refractivity contribution in [3.05, 3.63) is 71.0 Å². The van der Waals surface area contributed by atoms with E-state index in [1.165, 1.54) is 12.1 Å². The van der Waals surface area contributed by atoms with E-state index < -0.39 is 5.82 Å². The molecule has 0 saturated carbocycles. The maximum absolute atomic E-state index is 13.8. The lowest BCUT2D eigenvalue weighted by molar-refractivity contribution is 0.415. The summed E-state index contributed by atoms with van der Waals surface area (Å²) < 4.78 is 19.0. The lowest BCUT2D eigenvalue weighted by Crippen LogP contribution is -2.13. The van der Waals surface area contributed by atoms with Crippen LogP contribution in [0, 0.1) is 11.2 Å². The maximum Gasteiger partial charge on any atom is 0.148 e. The maximum atomic E-state index is 13.8. The Hall–Kier alpha value is -2.59. The number of rotatable bonds is 3. The fraction of sp³-hybridized carbons (Fsp3) is 0.0556. The van der Waals surface area contributed by atoms with Crippen molar-refractivity contribution in [1.29, 1.82) is 5.41 Å². The van der Waals surface area contributed by atoms with Gasteiger partial charge in [-0.25, -0.2) is 4.39 Å². The van der Waals surface area contributed by atoms with Gasteiger partial charge in [0.15, 0.2) is 0 Å². The SMILES string of the molecule is COc1ccc2cc(C(=N)Nc3ccc(Cl)cc3F)ccc2c1. The molecule has 23 heavy (non-hydrogen) atoms. The van der Waals surface area contributed by atoms with Gasteiger partial charge in [-0.15, -0.1) is 0 Å². The van der Waals surface area contributed by atoms with Crippen molar-refractivity contribution in [2.24, 2.45) is 0 Å². The summed E-state index contributed by atoms with van der Waals surface area (Å²) in [7, 11) is 1.62. The third kappa shape index (κ3) is 3.27. The van der Waals surface area contributed by atoms with Gasteiger partial charge in [0.25, 0.3) is 0 Å². The summed E-state index contributed by atoms with van der Waals surface area (Å²) in [5.74, 6) is 0.401. The Morgan fingerprint density at radius 3 is 2.52 bits per heavy atom. The van der Waals surface area contributed by atoms with Gasteiger partial charge in [0.05, 0.1) is 12.8 Å². The zero-order valence-electron chi connectivity index (χ0n) is 12.4. The monoisotopic (exact) mass is 328 g/mol. The third-order valence-electron chi connectivity index (χ3n) is 3.53. The topological polar surface area (TPSA) is 45.1 Å². The van der Waals surface area contributed by atoms with Crippen LogP contribution in [-0.2, 0) is 0 Å². The third-order valence-corrected chi connectivity index (χ3v) is 3.76. The summed E-state index contributed by atoms with van der Waals surface area (Å²) in [6, 6.07) is 15.6. The van der Waals surface area contributed by atoms with Gasteiger partial charge >= 0.3 is 0 Å². The van der Waals surface area contributed by atoms with E-state index in [-0.39, 0.29) is 11.5 Å². The van der Waals surface area contributed by atoms with Crippen molar-refractivity contribution in [2.75, 3.05) is 12.4 Å². The van der Waals surface area contributed by atoms with Gasteiger partial charge < -0.3 is 10.1 Å². The molecule has 3 aromatic carbocycles. The van der Waals surface area contributed by atoms with Crippen LogP contribution in [0.5, 0.6) is 5.75 Å². The molecule has 0 fully saturated rings. The van der Waals surface area contributed by atoms with E-state index in [4.69, 9.17) is 21.7 Å². The van der Waals surface area contributed by atoms with E-state index in [0.717, 1.165) is 16.5 Å². The van der Waals surface area contributed by atoms with Gasteiger partial charge in [0.1, 0.15) is 17.4 Å². The molecule has 3 nitrogen and oxygen atoms in total.